The molecule has 0 aliphatic carbocycles. The van der Waals surface area contributed by atoms with Crippen LogP contribution < -0.4 is 20.1 Å². The third kappa shape index (κ3) is 7.70. The summed E-state index contributed by atoms with van der Waals surface area (Å²) < 4.78 is 11.6. The summed E-state index contributed by atoms with van der Waals surface area (Å²) in [5, 5.41) is 6.05. The number of hydrogen-bond acceptors (Lipinski definition) is 4. The molecule has 0 atom stereocenters. The van der Waals surface area contributed by atoms with Crippen molar-refractivity contribution in [2.45, 2.75) is 26.2 Å². The van der Waals surface area contributed by atoms with Crippen LogP contribution in [0, 0.1) is 0 Å². The third-order valence-corrected chi connectivity index (χ3v) is 4.72. The number of hydrogen-bond donors (Lipinski definition) is 2. The second kappa shape index (κ2) is 12.3. The lowest BCUT2D eigenvalue weighted by molar-refractivity contribution is -0.114. The minimum Gasteiger partial charge on any atom is -0.493 e. The van der Waals surface area contributed by atoms with Crippen LogP contribution in [0.5, 0.6) is 11.5 Å². The normalized spacial score (nSPS) is 10.4. The average molecular weight is 419 g/mol. The Hall–Kier alpha value is -3.47. The molecule has 31 heavy (non-hydrogen) atoms. The lowest BCUT2D eigenvalue weighted by Gasteiger charge is -2.13. The van der Waals surface area contributed by atoms with Gasteiger partial charge in [-0.2, -0.15) is 0 Å². The van der Waals surface area contributed by atoms with E-state index in [1.165, 1.54) is 5.56 Å². The highest BCUT2D eigenvalue weighted by atomic mass is 16.5. The molecule has 5 nitrogen and oxygen atoms in total. The number of para-hydroxylation sites is 2. The Morgan fingerprint density at radius 1 is 0.839 bits per heavy atom. The fourth-order valence-corrected chi connectivity index (χ4v) is 3.01. The van der Waals surface area contributed by atoms with Crippen LogP contribution in [0.2, 0.25) is 0 Å². The molecule has 0 aromatic heterocycles. The summed E-state index contributed by atoms with van der Waals surface area (Å²) in [6.07, 6.45) is 2.93. The summed E-state index contributed by atoms with van der Waals surface area (Å²) in [5.74, 6) is 1.42. The zero-order valence-corrected chi connectivity index (χ0v) is 18.0. The smallest absolute Gasteiger partial charge is 0.243 e. The minimum absolute atomic E-state index is 0.124. The molecule has 0 saturated heterocycles. The lowest BCUT2D eigenvalue weighted by atomic mass is 10.2. The van der Waals surface area contributed by atoms with Crippen LogP contribution in [0.15, 0.2) is 78.9 Å². The monoisotopic (exact) mass is 418 g/mol. The number of ether oxygens (including phenoxy) is 2. The van der Waals surface area contributed by atoms with Gasteiger partial charge in [0.1, 0.15) is 11.5 Å². The van der Waals surface area contributed by atoms with Gasteiger partial charge < -0.3 is 20.1 Å². The van der Waals surface area contributed by atoms with Crippen molar-refractivity contribution in [1.29, 1.82) is 0 Å². The number of anilines is 2. The summed E-state index contributed by atoms with van der Waals surface area (Å²) in [5.41, 5.74) is 2.79. The van der Waals surface area contributed by atoms with Gasteiger partial charge in [-0.05, 0) is 48.4 Å². The van der Waals surface area contributed by atoms with E-state index in [1.807, 2.05) is 66.7 Å². The van der Waals surface area contributed by atoms with E-state index in [0.29, 0.717) is 13.2 Å². The van der Waals surface area contributed by atoms with E-state index >= 15 is 0 Å². The molecule has 3 aromatic rings. The predicted octanol–water partition coefficient (Wildman–Crippen LogP) is 5.54. The zero-order valence-electron chi connectivity index (χ0n) is 18.0. The van der Waals surface area contributed by atoms with E-state index in [1.54, 1.807) is 0 Å². The topological polar surface area (TPSA) is 59.6 Å². The summed E-state index contributed by atoms with van der Waals surface area (Å²) in [7, 11) is 0. The van der Waals surface area contributed by atoms with E-state index in [9.17, 15) is 4.79 Å². The molecular weight excluding hydrogens is 388 g/mol. The van der Waals surface area contributed by atoms with Gasteiger partial charge in [-0.25, -0.2) is 0 Å². The maximum absolute atomic E-state index is 12.3. The molecule has 0 radical (unpaired) electrons. The van der Waals surface area contributed by atoms with Gasteiger partial charge in [0.2, 0.25) is 5.91 Å². The number of carbonyl (C=O) groups excluding carboxylic acids is 1. The van der Waals surface area contributed by atoms with Crippen molar-refractivity contribution in [2.75, 3.05) is 30.4 Å². The van der Waals surface area contributed by atoms with Crippen molar-refractivity contribution in [1.82, 2.24) is 0 Å². The van der Waals surface area contributed by atoms with E-state index < -0.39 is 0 Å². The van der Waals surface area contributed by atoms with E-state index in [4.69, 9.17) is 9.47 Å². The Bertz CT molecular complexity index is 927. The van der Waals surface area contributed by atoms with Gasteiger partial charge in [-0.1, -0.05) is 55.8 Å². The highest BCUT2D eigenvalue weighted by Crippen LogP contribution is 2.24. The van der Waals surface area contributed by atoms with Crippen molar-refractivity contribution < 1.29 is 14.3 Å². The Morgan fingerprint density at radius 2 is 1.58 bits per heavy atom. The molecule has 5 heteroatoms. The second-order valence-corrected chi connectivity index (χ2v) is 7.21. The summed E-state index contributed by atoms with van der Waals surface area (Å²) in [4.78, 5) is 12.3. The largest absolute Gasteiger partial charge is 0.493 e. The second-order valence-electron chi connectivity index (χ2n) is 7.21. The van der Waals surface area contributed by atoms with E-state index in [2.05, 4.69) is 29.7 Å². The van der Waals surface area contributed by atoms with Gasteiger partial charge in [0.05, 0.1) is 25.4 Å². The molecule has 3 aromatic carbocycles. The molecule has 0 spiro atoms. The molecular formula is C26H30N2O3. The van der Waals surface area contributed by atoms with Crippen LogP contribution in [-0.2, 0) is 11.2 Å². The Kier molecular flexibility index (Phi) is 8.80. The van der Waals surface area contributed by atoms with Gasteiger partial charge in [0, 0.05) is 12.1 Å². The zero-order chi connectivity index (χ0) is 21.7. The van der Waals surface area contributed by atoms with E-state index in [0.717, 1.165) is 42.1 Å². The van der Waals surface area contributed by atoms with Gasteiger partial charge in [-0.15, -0.1) is 0 Å². The maximum atomic E-state index is 12.3. The number of amides is 1. The van der Waals surface area contributed by atoms with E-state index in [-0.39, 0.29) is 12.5 Å². The Morgan fingerprint density at radius 3 is 2.35 bits per heavy atom. The van der Waals surface area contributed by atoms with Crippen molar-refractivity contribution in [3.05, 3.63) is 84.4 Å². The highest BCUT2D eigenvalue weighted by molar-refractivity contribution is 5.94. The first-order valence-electron chi connectivity index (χ1n) is 10.8. The number of benzene rings is 3. The first kappa shape index (κ1) is 22.2. The Balaban J connectivity index is 1.42. The molecule has 162 valence electrons. The highest BCUT2D eigenvalue weighted by Gasteiger charge is 2.06. The van der Waals surface area contributed by atoms with Crippen molar-refractivity contribution in [3.8, 4) is 11.5 Å². The number of carbonyl (C=O) groups is 1. The van der Waals surface area contributed by atoms with Crippen molar-refractivity contribution in [3.63, 3.8) is 0 Å². The molecule has 1 amide bonds. The number of unbranched alkanes of at least 4 members (excludes halogenated alkanes) is 1. The van der Waals surface area contributed by atoms with Crippen LogP contribution >= 0.6 is 0 Å². The fraction of sp³-hybridized carbons (Fsp3) is 0.269. The average Bonchev–Trinajstić information content (AvgIpc) is 2.80. The maximum Gasteiger partial charge on any atom is 0.243 e. The molecule has 3 rings (SSSR count). The van der Waals surface area contributed by atoms with Crippen LogP contribution in [0.4, 0.5) is 11.4 Å². The van der Waals surface area contributed by atoms with Crippen LogP contribution in [0.3, 0.4) is 0 Å². The molecule has 0 aliphatic rings. The number of rotatable bonds is 12. The first-order valence-corrected chi connectivity index (χ1v) is 10.8. The fourth-order valence-electron chi connectivity index (χ4n) is 3.01. The summed E-state index contributed by atoms with van der Waals surface area (Å²) in [6, 6.07) is 25.3. The molecule has 0 aliphatic heterocycles. The lowest BCUT2D eigenvalue weighted by Crippen LogP contribution is -2.22. The number of nitrogens with one attached hydrogen (secondary N) is 2. The van der Waals surface area contributed by atoms with Crippen LogP contribution in [0.1, 0.15) is 25.3 Å². The van der Waals surface area contributed by atoms with Gasteiger partial charge >= 0.3 is 0 Å². The first-order chi connectivity index (χ1) is 15.2. The predicted molar refractivity (Wildman–Crippen MR) is 126 cm³/mol. The molecule has 0 saturated carbocycles. The van der Waals surface area contributed by atoms with Gasteiger partial charge in [0.25, 0.3) is 0 Å². The van der Waals surface area contributed by atoms with Crippen LogP contribution in [0.25, 0.3) is 0 Å². The van der Waals surface area contributed by atoms with Gasteiger partial charge in [0.15, 0.2) is 0 Å². The minimum atomic E-state index is -0.124. The standard InChI is InChI=1S/C26H30N2O3/c1-2-3-18-31-25-12-8-7-11-24(25)27-20-26(29)28-22-13-15-23(16-14-22)30-19-17-21-9-5-4-6-10-21/h4-16,27H,2-3,17-20H2,1H3,(H,28,29). The quantitative estimate of drug-likeness (QED) is 0.379. The molecule has 2 N–H and O–H groups in total. The third-order valence-electron chi connectivity index (χ3n) is 4.72. The SMILES string of the molecule is CCCCOc1ccccc1NCC(=O)Nc1ccc(OCCc2ccccc2)cc1. The summed E-state index contributed by atoms with van der Waals surface area (Å²) >= 11 is 0. The van der Waals surface area contributed by atoms with Crippen molar-refractivity contribution >= 4 is 17.3 Å². The molecule has 0 bridgehead atoms. The Labute approximate surface area is 184 Å². The molecule has 0 heterocycles. The van der Waals surface area contributed by atoms with Crippen molar-refractivity contribution in [2.24, 2.45) is 0 Å². The van der Waals surface area contributed by atoms with Gasteiger partial charge in [-0.3, -0.25) is 4.79 Å². The summed E-state index contributed by atoms with van der Waals surface area (Å²) in [6.45, 7) is 3.56. The molecule has 0 unspecified atom stereocenters. The van der Waals surface area contributed by atoms with Crippen LogP contribution in [-0.4, -0.2) is 25.7 Å². The molecule has 0 fully saturated rings.